The lowest BCUT2D eigenvalue weighted by Gasteiger charge is -2.16. The summed E-state index contributed by atoms with van der Waals surface area (Å²) in [6, 6.07) is 18.4. The van der Waals surface area contributed by atoms with Crippen LogP contribution in [0, 0.1) is 0 Å². The van der Waals surface area contributed by atoms with Crippen molar-refractivity contribution in [3.63, 3.8) is 0 Å². The second-order valence-electron chi connectivity index (χ2n) is 5.69. The van der Waals surface area contributed by atoms with Crippen LogP contribution < -0.4 is 9.47 Å². The molecule has 2 aromatic carbocycles. The molecule has 2 aromatic rings. The monoisotopic (exact) mass is 313 g/mol. The highest BCUT2D eigenvalue weighted by Gasteiger charge is 2.01. The Balaban J connectivity index is 1.61. The van der Waals surface area contributed by atoms with Crippen LogP contribution in [0.3, 0.4) is 0 Å². The molecule has 0 saturated carbocycles. The summed E-state index contributed by atoms with van der Waals surface area (Å²) in [6.45, 7) is 5.49. The van der Waals surface area contributed by atoms with Crippen molar-refractivity contribution >= 4 is 0 Å². The summed E-state index contributed by atoms with van der Waals surface area (Å²) in [4.78, 5) is 2.35. The molecule has 0 aliphatic heterocycles. The van der Waals surface area contributed by atoms with Crippen molar-refractivity contribution in [2.24, 2.45) is 0 Å². The molecule has 3 nitrogen and oxygen atoms in total. The molecule has 3 heteroatoms. The number of benzene rings is 2. The quantitative estimate of drug-likeness (QED) is 0.608. The fourth-order valence-electron chi connectivity index (χ4n) is 2.47. The first-order valence-electron chi connectivity index (χ1n) is 8.36. The molecule has 0 aliphatic carbocycles. The van der Waals surface area contributed by atoms with E-state index in [4.69, 9.17) is 9.47 Å². The van der Waals surface area contributed by atoms with Gasteiger partial charge in [-0.25, -0.2) is 0 Å². The lowest BCUT2D eigenvalue weighted by molar-refractivity contribution is 0.274. The Morgan fingerprint density at radius 3 is 2.35 bits per heavy atom. The average Bonchev–Trinajstić information content (AvgIpc) is 2.56. The van der Waals surface area contributed by atoms with Gasteiger partial charge < -0.3 is 14.4 Å². The molecule has 0 atom stereocenters. The average molecular weight is 313 g/mol. The fourth-order valence-corrected chi connectivity index (χ4v) is 2.47. The van der Waals surface area contributed by atoms with Crippen LogP contribution in [0.25, 0.3) is 0 Å². The summed E-state index contributed by atoms with van der Waals surface area (Å²) in [5, 5.41) is 0. The molecular weight excluding hydrogens is 286 g/mol. The van der Waals surface area contributed by atoms with Crippen molar-refractivity contribution in [1.82, 2.24) is 4.90 Å². The first-order valence-corrected chi connectivity index (χ1v) is 8.36. The Labute approximate surface area is 139 Å². The third kappa shape index (κ3) is 6.74. The van der Waals surface area contributed by atoms with E-state index in [1.165, 1.54) is 5.56 Å². The Kier molecular flexibility index (Phi) is 7.47. The number of ether oxygens (including phenoxy) is 2. The van der Waals surface area contributed by atoms with Crippen molar-refractivity contribution in [2.75, 3.05) is 26.8 Å². The van der Waals surface area contributed by atoms with E-state index in [0.29, 0.717) is 6.61 Å². The van der Waals surface area contributed by atoms with E-state index in [2.05, 4.69) is 42.3 Å². The van der Waals surface area contributed by atoms with Gasteiger partial charge in [-0.2, -0.15) is 0 Å². The summed E-state index contributed by atoms with van der Waals surface area (Å²) in [5.41, 5.74) is 1.36. The molecule has 0 amide bonds. The van der Waals surface area contributed by atoms with Gasteiger partial charge in [0, 0.05) is 12.6 Å². The molecule has 124 valence electrons. The summed E-state index contributed by atoms with van der Waals surface area (Å²) in [6.07, 6.45) is 2.19. The zero-order chi connectivity index (χ0) is 16.3. The fraction of sp³-hybridized carbons (Fsp3) is 0.400. The maximum Gasteiger partial charge on any atom is 0.122 e. The van der Waals surface area contributed by atoms with Gasteiger partial charge in [-0.1, -0.05) is 36.4 Å². The van der Waals surface area contributed by atoms with Crippen LogP contribution in [0.2, 0.25) is 0 Å². The molecule has 0 unspecified atom stereocenters. The Morgan fingerprint density at radius 1 is 0.870 bits per heavy atom. The van der Waals surface area contributed by atoms with E-state index in [9.17, 15) is 0 Å². The van der Waals surface area contributed by atoms with E-state index in [-0.39, 0.29) is 0 Å². The molecule has 0 spiro atoms. The van der Waals surface area contributed by atoms with Gasteiger partial charge in [0.25, 0.3) is 0 Å². The van der Waals surface area contributed by atoms with Crippen molar-refractivity contribution in [3.05, 3.63) is 60.2 Å². The molecule has 23 heavy (non-hydrogen) atoms. The van der Waals surface area contributed by atoms with Crippen molar-refractivity contribution in [3.8, 4) is 11.5 Å². The first kappa shape index (κ1) is 17.4. The summed E-state index contributed by atoms with van der Waals surface area (Å²) < 4.78 is 11.3. The minimum Gasteiger partial charge on any atom is -0.494 e. The molecule has 0 aliphatic rings. The van der Waals surface area contributed by atoms with Gasteiger partial charge in [-0.15, -0.1) is 0 Å². The molecule has 0 fully saturated rings. The predicted octanol–water partition coefficient (Wildman–Crippen LogP) is 4.38. The van der Waals surface area contributed by atoms with Crippen LogP contribution >= 0.6 is 0 Å². The molecule has 0 saturated heterocycles. The summed E-state index contributed by atoms with van der Waals surface area (Å²) >= 11 is 0. The smallest absolute Gasteiger partial charge is 0.122 e. The molecule has 2 rings (SSSR count). The lowest BCUT2D eigenvalue weighted by atomic mass is 10.2. The predicted molar refractivity (Wildman–Crippen MR) is 95.1 cm³/mol. The zero-order valence-corrected chi connectivity index (χ0v) is 14.2. The second kappa shape index (κ2) is 9.90. The second-order valence-corrected chi connectivity index (χ2v) is 5.69. The topological polar surface area (TPSA) is 21.7 Å². The molecular formula is C20H27NO2. The van der Waals surface area contributed by atoms with Gasteiger partial charge >= 0.3 is 0 Å². The van der Waals surface area contributed by atoms with E-state index in [0.717, 1.165) is 44.0 Å². The highest BCUT2D eigenvalue weighted by atomic mass is 16.5. The largest absolute Gasteiger partial charge is 0.494 e. The SMILES string of the molecule is CCOc1cccc(OCCCCN(C)Cc2ccccc2)c1. The number of hydrogen-bond acceptors (Lipinski definition) is 3. The molecule has 0 radical (unpaired) electrons. The number of unbranched alkanes of at least 4 members (excludes halogenated alkanes) is 1. The van der Waals surface area contributed by atoms with Crippen LogP contribution in [0.15, 0.2) is 54.6 Å². The maximum atomic E-state index is 5.79. The van der Waals surface area contributed by atoms with Gasteiger partial charge in [0.15, 0.2) is 0 Å². The van der Waals surface area contributed by atoms with Gasteiger partial charge in [-0.3, -0.25) is 0 Å². The van der Waals surface area contributed by atoms with Gasteiger partial charge in [0.1, 0.15) is 11.5 Å². The van der Waals surface area contributed by atoms with E-state index < -0.39 is 0 Å². The summed E-state index contributed by atoms with van der Waals surface area (Å²) in [7, 11) is 2.17. The van der Waals surface area contributed by atoms with Gasteiger partial charge in [-0.05, 0) is 51.1 Å². The van der Waals surface area contributed by atoms with Crippen LogP contribution in [0.4, 0.5) is 0 Å². The molecule has 0 N–H and O–H groups in total. The number of rotatable bonds is 10. The molecule has 0 bridgehead atoms. The number of nitrogens with zero attached hydrogens (tertiary/aromatic N) is 1. The standard InChI is InChI=1S/C20H27NO2/c1-3-22-19-12-9-13-20(16-19)23-15-8-7-14-21(2)17-18-10-5-4-6-11-18/h4-6,9-13,16H,3,7-8,14-15,17H2,1-2H3. The van der Waals surface area contributed by atoms with Crippen LogP contribution in [-0.2, 0) is 6.54 Å². The molecule has 0 heterocycles. The van der Waals surface area contributed by atoms with Gasteiger partial charge in [0.05, 0.1) is 13.2 Å². The van der Waals surface area contributed by atoms with Crippen molar-refractivity contribution in [2.45, 2.75) is 26.3 Å². The Hall–Kier alpha value is -2.00. The Morgan fingerprint density at radius 2 is 1.61 bits per heavy atom. The number of hydrogen-bond donors (Lipinski definition) is 0. The highest BCUT2D eigenvalue weighted by molar-refractivity contribution is 5.32. The highest BCUT2D eigenvalue weighted by Crippen LogP contribution is 2.19. The molecule has 0 aromatic heterocycles. The maximum absolute atomic E-state index is 5.79. The first-order chi connectivity index (χ1) is 11.3. The minimum atomic E-state index is 0.678. The third-order valence-electron chi connectivity index (χ3n) is 3.61. The third-order valence-corrected chi connectivity index (χ3v) is 3.61. The van der Waals surface area contributed by atoms with E-state index in [1.54, 1.807) is 0 Å². The zero-order valence-electron chi connectivity index (χ0n) is 14.2. The normalized spacial score (nSPS) is 10.7. The van der Waals surface area contributed by atoms with Crippen LogP contribution in [0.1, 0.15) is 25.3 Å². The van der Waals surface area contributed by atoms with Crippen molar-refractivity contribution < 1.29 is 9.47 Å². The Bertz CT molecular complexity index is 557. The van der Waals surface area contributed by atoms with Gasteiger partial charge in [0.2, 0.25) is 0 Å². The summed E-state index contributed by atoms with van der Waals surface area (Å²) in [5.74, 6) is 1.75. The van der Waals surface area contributed by atoms with Crippen LogP contribution in [0.5, 0.6) is 11.5 Å². The van der Waals surface area contributed by atoms with E-state index in [1.807, 2.05) is 31.2 Å². The van der Waals surface area contributed by atoms with E-state index >= 15 is 0 Å². The lowest BCUT2D eigenvalue weighted by Crippen LogP contribution is -2.19. The van der Waals surface area contributed by atoms with Crippen LogP contribution in [-0.4, -0.2) is 31.7 Å². The van der Waals surface area contributed by atoms with Crippen molar-refractivity contribution in [1.29, 1.82) is 0 Å². The minimum absolute atomic E-state index is 0.678.